The molecule has 1 aliphatic heterocycles. The number of fused-ring (bicyclic) bond motifs is 1. The van der Waals surface area contributed by atoms with Gasteiger partial charge in [-0.2, -0.15) is 0 Å². The van der Waals surface area contributed by atoms with Gasteiger partial charge in [-0.15, -0.1) is 0 Å². The van der Waals surface area contributed by atoms with E-state index in [1.165, 1.54) is 6.07 Å². The number of pyridine rings is 1. The highest BCUT2D eigenvalue weighted by molar-refractivity contribution is 6.05. The number of hydrogen-bond acceptors (Lipinski definition) is 4. The summed E-state index contributed by atoms with van der Waals surface area (Å²) in [4.78, 5) is 23.7. The van der Waals surface area contributed by atoms with E-state index < -0.39 is 0 Å². The van der Waals surface area contributed by atoms with Crippen LogP contribution in [0.4, 0.5) is 4.39 Å². The van der Waals surface area contributed by atoms with Crippen LogP contribution in [0.2, 0.25) is 0 Å². The zero-order valence-corrected chi connectivity index (χ0v) is 22.3. The first-order chi connectivity index (χ1) is 19.4. The number of benzene rings is 4. The maximum absolute atomic E-state index is 15.1. The highest BCUT2D eigenvalue weighted by atomic mass is 19.1. The number of halogens is 1. The number of hydrogen-bond donors (Lipinski definition) is 1. The first-order valence-corrected chi connectivity index (χ1v) is 13.3. The van der Waals surface area contributed by atoms with Crippen LogP contribution >= 0.6 is 0 Å². The highest BCUT2D eigenvalue weighted by Gasteiger charge is 2.26. The van der Waals surface area contributed by atoms with Crippen molar-refractivity contribution in [1.29, 1.82) is 0 Å². The molecular weight excluding hydrogens is 501 g/mol. The molecule has 2 heterocycles. The molecule has 0 aliphatic carbocycles. The molecule has 1 amide bonds. The van der Waals surface area contributed by atoms with Crippen molar-refractivity contribution in [2.75, 3.05) is 0 Å². The first kappa shape index (κ1) is 25.4. The second-order valence-electron chi connectivity index (χ2n) is 10.2. The van der Waals surface area contributed by atoms with E-state index in [4.69, 9.17) is 4.84 Å². The molecule has 4 aromatic carbocycles. The zero-order chi connectivity index (χ0) is 27.6. The summed E-state index contributed by atoms with van der Waals surface area (Å²) in [6, 6.07) is 30.2. The van der Waals surface area contributed by atoms with Gasteiger partial charge in [0.1, 0.15) is 5.82 Å². The van der Waals surface area contributed by atoms with Crippen LogP contribution in [-0.4, -0.2) is 16.6 Å². The second kappa shape index (κ2) is 10.7. The Kier molecular flexibility index (Phi) is 6.83. The molecule has 1 unspecified atom stereocenters. The molecule has 198 valence electrons. The molecule has 0 saturated heterocycles. The second-order valence-corrected chi connectivity index (χ2v) is 10.2. The molecule has 5 nitrogen and oxygen atoms in total. The maximum Gasteiger partial charge on any atom is 0.251 e. The van der Waals surface area contributed by atoms with Crippen LogP contribution in [0.3, 0.4) is 0 Å². The fourth-order valence-electron chi connectivity index (χ4n) is 5.05. The number of rotatable bonds is 6. The Hall–Kier alpha value is -4.84. The van der Waals surface area contributed by atoms with Gasteiger partial charge in [-0.3, -0.25) is 9.78 Å². The van der Waals surface area contributed by atoms with Gasteiger partial charge in [-0.1, -0.05) is 59.8 Å². The molecule has 5 aromatic rings. The Labute approximate surface area is 232 Å². The largest absolute Gasteiger partial charge is 0.385 e. The van der Waals surface area contributed by atoms with E-state index in [2.05, 4.69) is 39.7 Å². The van der Waals surface area contributed by atoms with Gasteiger partial charge >= 0.3 is 0 Å². The Bertz CT molecular complexity index is 1750. The molecule has 2 atom stereocenters. The standard InChI is InChI=1S/C34H28FN3O2/c1-21-10-13-29(30(35)15-21)26-17-27(32-20-33(40-38-32)31-9-5-6-14-36-31)19-28(18-26)34(39)37-22(2)24-12-11-23-7-3-4-8-25(23)16-24/h3-19,22,33H,20H2,1-2H3,(H,37,39)/t22-,33?/m0/s1. The molecule has 1 aromatic heterocycles. The van der Waals surface area contributed by atoms with Gasteiger partial charge in [0.2, 0.25) is 0 Å². The minimum absolute atomic E-state index is 0.235. The van der Waals surface area contributed by atoms with Gasteiger partial charge in [-0.25, -0.2) is 4.39 Å². The third-order valence-corrected chi connectivity index (χ3v) is 7.27. The van der Waals surface area contributed by atoms with Gasteiger partial charge in [0.25, 0.3) is 5.91 Å². The van der Waals surface area contributed by atoms with Crippen LogP contribution in [0.25, 0.3) is 21.9 Å². The summed E-state index contributed by atoms with van der Waals surface area (Å²) < 4.78 is 15.1. The number of carbonyl (C=O) groups is 1. The van der Waals surface area contributed by atoms with Crippen molar-refractivity contribution in [2.45, 2.75) is 32.4 Å². The van der Waals surface area contributed by atoms with Crippen LogP contribution in [0.5, 0.6) is 0 Å². The number of oxime groups is 1. The lowest BCUT2D eigenvalue weighted by Gasteiger charge is -2.17. The number of nitrogens with zero attached hydrogens (tertiary/aromatic N) is 2. The van der Waals surface area contributed by atoms with Crippen molar-refractivity contribution in [2.24, 2.45) is 5.16 Å². The SMILES string of the molecule is Cc1ccc(-c2cc(C(=O)N[C@@H](C)c3ccc4ccccc4c3)cc(C3=NOC(c4ccccn4)C3)c2)c(F)c1. The van der Waals surface area contributed by atoms with Crippen LogP contribution < -0.4 is 5.32 Å². The van der Waals surface area contributed by atoms with E-state index in [9.17, 15) is 4.79 Å². The lowest BCUT2D eigenvalue weighted by molar-refractivity contribution is 0.0826. The number of carbonyl (C=O) groups excluding carboxylic acids is 1. The van der Waals surface area contributed by atoms with Crippen molar-refractivity contribution in [3.8, 4) is 11.1 Å². The third-order valence-electron chi connectivity index (χ3n) is 7.27. The lowest BCUT2D eigenvalue weighted by Crippen LogP contribution is -2.27. The molecule has 0 saturated carbocycles. The summed E-state index contributed by atoms with van der Waals surface area (Å²) in [5.41, 5.74) is 5.44. The normalized spacial score (nSPS) is 15.4. The fraction of sp³-hybridized carbons (Fsp3) is 0.147. The van der Waals surface area contributed by atoms with Gasteiger partial charge < -0.3 is 10.2 Å². The number of nitrogens with one attached hydrogen (secondary N) is 1. The summed E-state index contributed by atoms with van der Waals surface area (Å²) in [6.45, 7) is 3.80. The number of aryl methyl sites for hydroxylation is 1. The Morgan fingerprint density at radius 2 is 1.73 bits per heavy atom. The first-order valence-electron chi connectivity index (χ1n) is 13.3. The van der Waals surface area contributed by atoms with E-state index in [0.29, 0.717) is 34.4 Å². The van der Waals surface area contributed by atoms with Crippen LogP contribution in [0, 0.1) is 12.7 Å². The van der Waals surface area contributed by atoms with Gasteiger partial charge in [0.15, 0.2) is 6.10 Å². The van der Waals surface area contributed by atoms with E-state index in [1.807, 2.05) is 62.4 Å². The van der Waals surface area contributed by atoms with Crippen molar-refractivity contribution in [3.63, 3.8) is 0 Å². The fourth-order valence-corrected chi connectivity index (χ4v) is 5.05. The van der Waals surface area contributed by atoms with Crippen LogP contribution in [-0.2, 0) is 4.84 Å². The molecule has 0 bridgehead atoms. The quantitative estimate of drug-likeness (QED) is 0.245. The van der Waals surface area contributed by atoms with E-state index in [1.54, 1.807) is 24.4 Å². The lowest BCUT2D eigenvalue weighted by atomic mass is 9.94. The number of aromatic nitrogens is 1. The Morgan fingerprint density at radius 3 is 2.52 bits per heavy atom. The Balaban J connectivity index is 1.32. The smallest absolute Gasteiger partial charge is 0.251 e. The topological polar surface area (TPSA) is 63.6 Å². The average molecular weight is 530 g/mol. The molecule has 6 rings (SSSR count). The van der Waals surface area contributed by atoms with E-state index in [-0.39, 0.29) is 23.9 Å². The predicted octanol–water partition coefficient (Wildman–Crippen LogP) is 7.71. The van der Waals surface area contributed by atoms with Crippen LogP contribution in [0.15, 0.2) is 108 Å². The third kappa shape index (κ3) is 5.21. The van der Waals surface area contributed by atoms with E-state index in [0.717, 1.165) is 27.6 Å². The molecule has 6 heteroatoms. The molecular formula is C34H28FN3O2. The van der Waals surface area contributed by atoms with Crippen molar-refractivity contribution in [3.05, 3.63) is 137 Å². The van der Waals surface area contributed by atoms with Crippen molar-refractivity contribution < 1.29 is 14.0 Å². The Morgan fingerprint density at radius 1 is 0.925 bits per heavy atom. The predicted molar refractivity (Wildman–Crippen MR) is 156 cm³/mol. The van der Waals surface area contributed by atoms with Gasteiger partial charge in [0.05, 0.1) is 17.4 Å². The summed E-state index contributed by atoms with van der Waals surface area (Å²) in [5.74, 6) is -0.596. The number of amides is 1. The van der Waals surface area contributed by atoms with Crippen molar-refractivity contribution >= 4 is 22.4 Å². The summed E-state index contributed by atoms with van der Waals surface area (Å²) in [7, 11) is 0. The minimum atomic E-state index is -0.344. The zero-order valence-electron chi connectivity index (χ0n) is 22.3. The molecule has 40 heavy (non-hydrogen) atoms. The molecule has 1 aliphatic rings. The van der Waals surface area contributed by atoms with Crippen LogP contribution in [0.1, 0.15) is 58.2 Å². The monoisotopic (exact) mass is 529 g/mol. The van der Waals surface area contributed by atoms with Gasteiger partial charge in [0, 0.05) is 29.3 Å². The van der Waals surface area contributed by atoms with Crippen molar-refractivity contribution in [1.82, 2.24) is 10.3 Å². The van der Waals surface area contributed by atoms with E-state index >= 15 is 4.39 Å². The average Bonchev–Trinajstić information content (AvgIpc) is 3.48. The minimum Gasteiger partial charge on any atom is -0.385 e. The molecule has 0 spiro atoms. The molecule has 1 N–H and O–H groups in total. The summed E-state index contributed by atoms with van der Waals surface area (Å²) >= 11 is 0. The van der Waals surface area contributed by atoms with Gasteiger partial charge in [-0.05, 0) is 83.8 Å². The maximum atomic E-state index is 15.1. The summed E-state index contributed by atoms with van der Waals surface area (Å²) in [6.07, 6.45) is 1.89. The molecule has 0 fully saturated rings. The highest BCUT2D eigenvalue weighted by Crippen LogP contribution is 2.32. The summed E-state index contributed by atoms with van der Waals surface area (Å²) in [5, 5.41) is 9.70. The molecule has 0 radical (unpaired) electrons.